The Kier molecular flexibility index (Phi) is 36.1. The van der Waals surface area contributed by atoms with Crippen molar-refractivity contribution in [2.45, 2.75) is 83.0 Å². The molecule has 0 aromatic rings. The second kappa shape index (κ2) is 27.0. The molecule has 3 N–H and O–H groups in total. The Hall–Kier alpha value is 0.786. The van der Waals surface area contributed by atoms with E-state index in [0.29, 0.717) is 19.8 Å². The van der Waals surface area contributed by atoms with Crippen LogP contribution in [0, 0.1) is 6.08 Å². The fraction of sp³-hybridized carbons (Fsp3) is 0.800. The van der Waals surface area contributed by atoms with E-state index in [0.717, 1.165) is 44.9 Å². The molecule has 0 aromatic heterocycles. The number of aliphatic hydroxyl groups excluding tert-OH is 3. The summed E-state index contributed by atoms with van der Waals surface area (Å²) in [6.07, 6.45) is 15.0. The van der Waals surface area contributed by atoms with Gasteiger partial charge in [-0.25, -0.2) is 0 Å². The first kappa shape index (κ1) is 33.4. The third-order valence-electron chi connectivity index (χ3n) is 3.04. The molecule has 0 aliphatic heterocycles. The molecule has 0 bridgehead atoms. The Bertz CT molecular complexity index is 267. The Morgan fingerprint density at radius 2 is 1.20 bits per heavy atom. The molecule has 3 nitrogen and oxygen atoms in total. The predicted octanol–water partition coefficient (Wildman–Crippen LogP) is 4.89. The maximum atomic E-state index is 8.07. The average molecular weight is 495 g/mol. The summed E-state index contributed by atoms with van der Waals surface area (Å²) in [5.41, 5.74) is 0. The monoisotopic (exact) mass is 495 g/mol. The van der Waals surface area contributed by atoms with Gasteiger partial charge in [-0.05, 0) is 19.3 Å². The van der Waals surface area contributed by atoms with E-state index in [2.05, 4.69) is 56.3 Å². The van der Waals surface area contributed by atoms with Gasteiger partial charge in [-0.15, -0.1) is 0 Å². The molecule has 0 heterocycles. The van der Waals surface area contributed by atoms with Crippen LogP contribution in [0.5, 0.6) is 0 Å². The van der Waals surface area contributed by atoms with Crippen LogP contribution in [0.1, 0.15) is 65.7 Å². The molecule has 150 valence electrons. The molecular formula is C20H43GeO3Zr-. The van der Waals surface area contributed by atoms with E-state index in [-0.39, 0.29) is 26.2 Å². The van der Waals surface area contributed by atoms with E-state index in [4.69, 9.17) is 15.3 Å². The smallest absolute Gasteiger partial charge is 0 e. The summed E-state index contributed by atoms with van der Waals surface area (Å²) in [7, 11) is 0. The minimum Gasteiger partial charge on any atom is 0 e. The SMILES string of the molecule is CCCCO.CCCCO.CCCCO.[CH3][Ge]([CH3])([CH3])[C]1=[C-]CC=C1.[Zr]. The van der Waals surface area contributed by atoms with Crippen LogP contribution in [0.2, 0.25) is 17.3 Å². The normalized spacial score (nSPS) is 11.6. The topological polar surface area (TPSA) is 60.7 Å². The first-order valence-electron chi connectivity index (χ1n) is 9.45. The van der Waals surface area contributed by atoms with Gasteiger partial charge in [0, 0.05) is 46.0 Å². The van der Waals surface area contributed by atoms with E-state index >= 15 is 0 Å². The molecule has 1 aliphatic carbocycles. The Labute approximate surface area is 179 Å². The predicted molar refractivity (Wildman–Crippen MR) is 110 cm³/mol. The van der Waals surface area contributed by atoms with Crippen molar-refractivity contribution in [2.75, 3.05) is 19.8 Å². The molecule has 0 atom stereocenters. The molecule has 5 heteroatoms. The molecule has 0 saturated carbocycles. The number of aliphatic hydroxyl groups is 3. The second-order valence-electron chi connectivity index (χ2n) is 6.68. The number of hydrogen-bond donors (Lipinski definition) is 3. The Balaban J connectivity index is -0.000000122. The quantitative estimate of drug-likeness (QED) is 0.348. The van der Waals surface area contributed by atoms with Gasteiger partial charge < -0.3 is 15.3 Å². The van der Waals surface area contributed by atoms with Crippen molar-refractivity contribution in [1.29, 1.82) is 0 Å². The zero-order valence-electron chi connectivity index (χ0n) is 17.6. The summed E-state index contributed by atoms with van der Waals surface area (Å²) >= 11 is -1.46. The Morgan fingerprint density at radius 3 is 1.28 bits per heavy atom. The molecule has 0 saturated heterocycles. The Morgan fingerprint density at radius 1 is 0.840 bits per heavy atom. The number of unbranched alkanes of at least 4 members (excludes halogenated alkanes) is 3. The molecule has 0 unspecified atom stereocenters. The van der Waals surface area contributed by atoms with Gasteiger partial charge in [-0.2, -0.15) is 0 Å². The van der Waals surface area contributed by atoms with Crippen LogP contribution in [-0.4, -0.2) is 48.4 Å². The fourth-order valence-corrected chi connectivity index (χ4v) is 4.02. The number of rotatable bonds is 7. The van der Waals surface area contributed by atoms with Crippen LogP contribution in [0.25, 0.3) is 0 Å². The summed E-state index contributed by atoms with van der Waals surface area (Å²) < 4.78 is 1.54. The molecule has 0 spiro atoms. The summed E-state index contributed by atoms with van der Waals surface area (Å²) in [6, 6.07) is 0. The van der Waals surface area contributed by atoms with Crippen molar-refractivity contribution >= 4 is 13.3 Å². The minimum atomic E-state index is -1.46. The van der Waals surface area contributed by atoms with E-state index in [1.807, 2.05) is 0 Å². The van der Waals surface area contributed by atoms with Gasteiger partial charge in [0.05, 0.1) is 0 Å². The molecule has 0 amide bonds. The van der Waals surface area contributed by atoms with Crippen molar-refractivity contribution in [3.8, 4) is 0 Å². The first-order chi connectivity index (χ1) is 11.3. The van der Waals surface area contributed by atoms with Crippen molar-refractivity contribution in [3.05, 3.63) is 22.6 Å². The number of hydrogen-bond acceptors (Lipinski definition) is 3. The van der Waals surface area contributed by atoms with Gasteiger partial charge in [0.2, 0.25) is 0 Å². The zero-order valence-corrected chi connectivity index (χ0v) is 22.1. The van der Waals surface area contributed by atoms with Gasteiger partial charge in [0.25, 0.3) is 0 Å². The average Bonchev–Trinajstić information content (AvgIpc) is 3.06. The third kappa shape index (κ3) is 32.9. The first-order valence-corrected chi connectivity index (χ1v) is 16.8. The van der Waals surface area contributed by atoms with Crippen LogP contribution in [0.4, 0.5) is 0 Å². The summed E-state index contributed by atoms with van der Waals surface area (Å²) in [5.74, 6) is 7.20. The van der Waals surface area contributed by atoms with Gasteiger partial charge in [-0.1, -0.05) is 40.0 Å². The second-order valence-corrected chi connectivity index (χ2v) is 17.2. The van der Waals surface area contributed by atoms with Crippen molar-refractivity contribution in [1.82, 2.24) is 0 Å². The van der Waals surface area contributed by atoms with Crippen molar-refractivity contribution in [2.24, 2.45) is 0 Å². The van der Waals surface area contributed by atoms with Crippen LogP contribution in [0.3, 0.4) is 0 Å². The molecular weight excluding hydrogens is 452 g/mol. The molecule has 25 heavy (non-hydrogen) atoms. The molecule has 0 radical (unpaired) electrons. The van der Waals surface area contributed by atoms with Crippen LogP contribution < -0.4 is 0 Å². The number of allylic oxidation sites excluding steroid dienone is 4. The maximum Gasteiger partial charge on any atom is 0 e. The largest absolute Gasteiger partial charge is 0 e. The van der Waals surface area contributed by atoms with Crippen LogP contribution in [0.15, 0.2) is 16.6 Å². The summed E-state index contributed by atoms with van der Waals surface area (Å²) in [4.78, 5) is 0. The van der Waals surface area contributed by atoms with Gasteiger partial charge in [0.15, 0.2) is 0 Å². The minimum absolute atomic E-state index is 0. The van der Waals surface area contributed by atoms with Crippen molar-refractivity contribution < 1.29 is 41.5 Å². The van der Waals surface area contributed by atoms with Gasteiger partial charge in [-0.3, -0.25) is 0 Å². The van der Waals surface area contributed by atoms with Crippen LogP contribution in [-0.2, 0) is 26.2 Å². The maximum absolute atomic E-state index is 8.07. The third-order valence-corrected chi connectivity index (χ3v) is 7.15. The van der Waals surface area contributed by atoms with E-state index < -0.39 is 13.3 Å². The van der Waals surface area contributed by atoms with Crippen molar-refractivity contribution in [3.63, 3.8) is 0 Å². The van der Waals surface area contributed by atoms with Gasteiger partial charge >= 0.3 is 59.6 Å². The summed E-state index contributed by atoms with van der Waals surface area (Å²) in [6.45, 7) is 7.19. The standard InChI is InChI=1S/C8H13Ge.3C4H10O.Zr/c1-9(2,3)8-6-4-5-7-8;3*1-2-3-4-5;/h4,6H,5H2,1-3H3;3*5H,2-4H2,1H3;/q-1;;;;. The molecule has 0 aromatic carbocycles. The van der Waals surface area contributed by atoms with E-state index in [1.165, 1.54) is 4.41 Å². The van der Waals surface area contributed by atoms with E-state index in [1.54, 1.807) is 0 Å². The molecule has 1 rings (SSSR count). The van der Waals surface area contributed by atoms with E-state index in [9.17, 15) is 0 Å². The summed E-state index contributed by atoms with van der Waals surface area (Å²) in [5, 5.41) is 24.2. The van der Waals surface area contributed by atoms with Gasteiger partial charge in [0.1, 0.15) is 0 Å². The molecule has 0 fully saturated rings. The fourth-order valence-electron chi connectivity index (χ4n) is 1.39. The zero-order chi connectivity index (χ0) is 19.3. The molecule has 1 aliphatic rings. The van der Waals surface area contributed by atoms with Crippen LogP contribution >= 0.6 is 0 Å².